The molecule has 74 valence electrons. The van der Waals surface area contributed by atoms with Crippen molar-refractivity contribution in [2.24, 2.45) is 5.92 Å². The molecule has 0 bridgehead atoms. The van der Waals surface area contributed by atoms with Crippen molar-refractivity contribution in [3.8, 4) is 0 Å². The molecule has 0 saturated heterocycles. The van der Waals surface area contributed by atoms with E-state index < -0.39 is 0 Å². The first-order chi connectivity index (χ1) is 6.33. The van der Waals surface area contributed by atoms with Gasteiger partial charge in [0.15, 0.2) is 0 Å². The third-order valence-corrected chi connectivity index (χ3v) is 2.44. The first-order valence-electron chi connectivity index (χ1n) is 5.18. The zero-order valence-electron chi connectivity index (χ0n) is 8.29. The van der Waals surface area contributed by atoms with E-state index in [1.165, 1.54) is 32.1 Å². The molecule has 0 aliphatic heterocycles. The highest BCUT2D eigenvalue weighted by atomic mass is 16.5. The summed E-state index contributed by atoms with van der Waals surface area (Å²) >= 11 is 0. The minimum absolute atomic E-state index is 0.201. The summed E-state index contributed by atoms with van der Waals surface area (Å²) in [6, 6.07) is 0. The van der Waals surface area contributed by atoms with Gasteiger partial charge in [-0.3, -0.25) is 0 Å². The van der Waals surface area contributed by atoms with Gasteiger partial charge in [-0.2, -0.15) is 0 Å². The minimum Gasteiger partial charge on any atom is -0.463 e. The monoisotopic (exact) mass is 182 g/mol. The van der Waals surface area contributed by atoms with Gasteiger partial charge >= 0.3 is 5.97 Å². The molecule has 13 heavy (non-hydrogen) atoms. The average molecular weight is 182 g/mol. The highest BCUT2D eigenvalue weighted by Gasteiger charge is 2.10. The molecule has 0 N–H and O–H groups in total. The zero-order valence-corrected chi connectivity index (χ0v) is 8.29. The number of ether oxygens (including phenoxy) is 1. The van der Waals surface area contributed by atoms with E-state index in [2.05, 4.69) is 0 Å². The van der Waals surface area contributed by atoms with Crippen LogP contribution in [0.4, 0.5) is 0 Å². The minimum atomic E-state index is -0.201. The number of rotatable bonds is 3. The van der Waals surface area contributed by atoms with E-state index >= 15 is 0 Å². The van der Waals surface area contributed by atoms with Gasteiger partial charge in [0.25, 0.3) is 0 Å². The molecule has 0 aromatic carbocycles. The quantitative estimate of drug-likeness (QED) is 0.495. The van der Waals surface area contributed by atoms with Gasteiger partial charge < -0.3 is 4.74 Å². The third-order valence-electron chi connectivity index (χ3n) is 2.44. The van der Waals surface area contributed by atoms with Crippen LogP contribution in [-0.4, -0.2) is 12.6 Å². The predicted molar refractivity (Wildman–Crippen MR) is 52.3 cm³/mol. The second kappa shape index (κ2) is 5.79. The second-order valence-electron chi connectivity index (χ2n) is 3.51. The van der Waals surface area contributed by atoms with Crippen LogP contribution in [0.2, 0.25) is 0 Å². The van der Waals surface area contributed by atoms with Crippen LogP contribution < -0.4 is 0 Å². The molecule has 0 radical (unpaired) electrons. The van der Waals surface area contributed by atoms with E-state index in [4.69, 9.17) is 4.74 Å². The molecule has 0 atom stereocenters. The van der Waals surface area contributed by atoms with Crippen LogP contribution >= 0.6 is 0 Å². The van der Waals surface area contributed by atoms with Crippen molar-refractivity contribution in [2.75, 3.05) is 6.61 Å². The lowest BCUT2D eigenvalue weighted by molar-refractivity contribution is -0.137. The van der Waals surface area contributed by atoms with Crippen LogP contribution in [0.25, 0.3) is 0 Å². The first-order valence-corrected chi connectivity index (χ1v) is 5.18. The third kappa shape index (κ3) is 4.11. The maximum Gasteiger partial charge on any atom is 0.330 e. The Morgan fingerprint density at radius 2 is 2.08 bits per heavy atom. The van der Waals surface area contributed by atoms with Crippen LogP contribution in [0.5, 0.6) is 0 Å². The van der Waals surface area contributed by atoms with Gasteiger partial charge in [-0.1, -0.05) is 25.3 Å². The number of hydrogen-bond acceptors (Lipinski definition) is 2. The molecule has 0 heterocycles. The van der Waals surface area contributed by atoms with E-state index in [9.17, 15) is 4.79 Å². The molecule has 0 aromatic rings. The lowest BCUT2D eigenvalue weighted by Crippen LogP contribution is -2.05. The van der Waals surface area contributed by atoms with Gasteiger partial charge in [0.2, 0.25) is 0 Å². The van der Waals surface area contributed by atoms with Gasteiger partial charge in [-0.05, 0) is 25.7 Å². The molecule has 1 saturated carbocycles. The molecule has 2 nitrogen and oxygen atoms in total. The van der Waals surface area contributed by atoms with E-state index in [-0.39, 0.29) is 5.97 Å². The molecule has 0 amide bonds. The lowest BCUT2D eigenvalue weighted by atomic mass is 9.89. The van der Waals surface area contributed by atoms with Gasteiger partial charge in [0, 0.05) is 6.08 Å². The lowest BCUT2D eigenvalue weighted by Gasteiger charge is -2.17. The summed E-state index contributed by atoms with van der Waals surface area (Å²) in [5.74, 6) is 0.409. The number of allylic oxidation sites excluding steroid dienone is 1. The summed E-state index contributed by atoms with van der Waals surface area (Å²) in [6.45, 7) is 2.29. The fourth-order valence-corrected chi connectivity index (χ4v) is 1.73. The summed E-state index contributed by atoms with van der Waals surface area (Å²) in [5.41, 5.74) is 0. The molecule has 1 aliphatic rings. The molecule has 1 fully saturated rings. The van der Waals surface area contributed by atoms with Gasteiger partial charge in [0.05, 0.1) is 6.61 Å². The number of esters is 1. The van der Waals surface area contributed by atoms with E-state index in [0.717, 1.165) is 0 Å². The van der Waals surface area contributed by atoms with E-state index in [1.807, 2.05) is 13.0 Å². The van der Waals surface area contributed by atoms with Crippen molar-refractivity contribution in [2.45, 2.75) is 39.0 Å². The number of carbonyl (C=O) groups excluding carboxylic acids is 1. The van der Waals surface area contributed by atoms with Crippen LogP contribution in [0.1, 0.15) is 39.0 Å². The fraction of sp³-hybridized carbons (Fsp3) is 0.727. The summed E-state index contributed by atoms with van der Waals surface area (Å²) in [6.07, 6.45) is 10.0. The normalized spacial score (nSPS) is 19.2. The molecule has 1 aliphatic carbocycles. The summed E-state index contributed by atoms with van der Waals surface area (Å²) < 4.78 is 4.81. The Hall–Kier alpha value is -0.790. The molecular formula is C11H18O2. The highest BCUT2D eigenvalue weighted by molar-refractivity contribution is 5.81. The van der Waals surface area contributed by atoms with Crippen LogP contribution in [0, 0.1) is 5.92 Å². The average Bonchev–Trinajstić information content (AvgIpc) is 2.17. The molecule has 2 heteroatoms. The summed E-state index contributed by atoms with van der Waals surface area (Å²) in [5, 5.41) is 0. The van der Waals surface area contributed by atoms with Crippen LogP contribution in [0.3, 0.4) is 0 Å². The van der Waals surface area contributed by atoms with Crippen molar-refractivity contribution >= 4 is 5.97 Å². The number of hydrogen-bond donors (Lipinski definition) is 0. The van der Waals surface area contributed by atoms with Crippen molar-refractivity contribution in [1.29, 1.82) is 0 Å². The predicted octanol–water partition coefficient (Wildman–Crippen LogP) is 2.69. The van der Waals surface area contributed by atoms with Crippen LogP contribution in [0.15, 0.2) is 12.2 Å². The molecule has 0 spiro atoms. The van der Waals surface area contributed by atoms with Gasteiger partial charge in [0.1, 0.15) is 0 Å². The van der Waals surface area contributed by atoms with Crippen molar-refractivity contribution in [1.82, 2.24) is 0 Å². The largest absolute Gasteiger partial charge is 0.463 e. The van der Waals surface area contributed by atoms with E-state index in [0.29, 0.717) is 12.5 Å². The van der Waals surface area contributed by atoms with Crippen LogP contribution in [-0.2, 0) is 9.53 Å². The highest BCUT2D eigenvalue weighted by Crippen LogP contribution is 2.24. The summed E-state index contributed by atoms with van der Waals surface area (Å²) in [7, 11) is 0. The van der Waals surface area contributed by atoms with E-state index in [1.54, 1.807) is 6.08 Å². The standard InChI is InChI=1S/C11H18O2/c1-2-13-11(12)9-8-10-6-4-3-5-7-10/h8-10H,2-7H2,1H3. The Bertz CT molecular complexity index is 179. The Balaban J connectivity index is 2.24. The Morgan fingerprint density at radius 3 is 2.69 bits per heavy atom. The SMILES string of the molecule is CCOC(=O)C=CC1CCCCC1. The van der Waals surface area contributed by atoms with Crippen molar-refractivity contribution in [3.63, 3.8) is 0 Å². The number of carbonyl (C=O) groups is 1. The maximum absolute atomic E-state index is 11.0. The molecule has 0 aromatic heterocycles. The molecular weight excluding hydrogens is 164 g/mol. The van der Waals surface area contributed by atoms with Crippen molar-refractivity contribution < 1.29 is 9.53 Å². The fourth-order valence-electron chi connectivity index (χ4n) is 1.73. The molecule has 0 unspecified atom stereocenters. The van der Waals surface area contributed by atoms with Gasteiger partial charge in [-0.15, -0.1) is 0 Å². The van der Waals surface area contributed by atoms with Gasteiger partial charge in [-0.25, -0.2) is 4.79 Å². The Morgan fingerprint density at radius 1 is 1.38 bits per heavy atom. The zero-order chi connectivity index (χ0) is 9.52. The first kappa shape index (κ1) is 10.3. The van der Waals surface area contributed by atoms with Crippen molar-refractivity contribution in [3.05, 3.63) is 12.2 Å². The maximum atomic E-state index is 11.0. The molecule has 1 rings (SSSR count). The summed E-state index contributed by atoms with van der Waals surface area (Å²) in [4.78, 5) is 11.0. The Kier molecular flexibility index (Phi) is 4.58. The second-order valence-corrected chi connectivity index (χ2v) is 3.51. The smallest absolute Gasteiger partial charge is 0.330 e. The Labute approximate surface area is 80.0 Å². The topological polar surface area (TPSA) is 26.3 Å².